The van der Waals surface area contributed by atoms with Gasteiger partial charge in [0.2, 0.25) is 0 Å². The van der Waals surface area contributed by atoms with E-state index in [1.165, 1.54) is 0 Å². The topological polar surface area (TPSA) is 38.7 Å². The first kappa shape index (κ1) is 10.1. The molecule has 0 spiro atoms. The van der Waals surface area contributed by atoms with Gasteiger partial charge in [-0.2, -0.15) is 5.10 Å². The van der Waals surface area contributed by atoms with E-state index in [0.717, 1.165) is 17.2 Å². The van der Waals surface area contributed by atoms with Gasteiger partial charge in [0.25, 0.3) is 0 Å². The fraction of sp³-hybridized carbons (Fsp3) is 0.700. The van der Waals surface area contributed by atoms with Crippen LogP contribution in [-0.2, 0) is 0 Å². The lowest BCUT2D eigenvalue weighted by Gasteiger charge is -2.09. The second-order valence-corrected chi connectivity index (χ2v) is 3.95. The van der Waals surface area contributed by atoms with Crippen molar-refractivity contribution >= 4 is 0 Å². The molecule has 0 aliphatic rings. The molecule has 0 N–H and O–H groups in total. The molecule has 0 aromatic carbocycles. The fourth-order valence-corrected chi connectivity index (χ4v) is 1.21. The van der Waals surface area contributed by atoms with Crippen molar-refractivity contribution in [3.63, 3.8) is 0 Å². The van der Waals surface area contributed by atoms with Gasteiger partial charge in [0.15, 0.2) is 5.82 Å². The second-order valence-electron chi connectivity index (χ2n) is 3.95. The zero-order chi connectivity index (χ0) is 10.0. The molecular formula is C10H17N3. The van der Waals surface area contributed by atoms with Crippen LogP contribution in [0.4, 0.5) is 0 Å². The molecule has 72 valence electrons. The molecule has 3 heteroatoms. The molecule has 3 nitrogen and oxygen atoms in total. The average Bonchev–Trinajstić information content (AvgIpc) is 2.03. The van der Waals surface area contributed by atoms with Crippen molar-refractivity contribution in [2.24, 2.45) is 0 Å². The molecular weight excluding hydrogens is 162 g/mol. The lowest BCUT2D eigenvalue weighted by Crippen LogP contribution is -2.07. The summed E-state index contributed by atoms with van der Waals surface area (Å²) in [5.41, 5.74) is 2.01. The minimum absolute atomic E-state index is 0.354. The Balaban J connectivity index is 3.06. The van der Waals surface area contributed by atoms with E-state index in [-0.39, 0.29) is 0 Å². The Morgan fingerprint density at radius 2 is 1.54 bits per heavy atom. The van der Waals surface area contributed by atoms with Gasteiger partial charge in [-0.3, -0.25) is 0 Å². The van der Waals surface area contributed by atoms with E-state index < -0.39 is 0 Å². The van der Waals surface area contributed by atoms with Gasteiger partial charge in [-0.1, -0.05) is 27.7 Å². The Morgan fingerprint density at radius 1 is 0.923 bits per heavy atom. The molecule has 1 aromatic rings. The Hall–Kier alpha value is -0.990. The first-order chi connectivity index (χ1) is 6.02. The van der Waals surface area contributed by atoms with Crippen molar-refractivity contribution in [2.75, 3.05) is 0 Å². The molecule has 1 aromatic heterocycles. The summed E-state index contributed by atoms with van der Waals surface area (Å²) < 4.78 is 0. The monoisotopic (exact) mass is 179 g/mol. The van der Waals surface area contributed by atoms with Crippen LogP contribution in [0.1, 0.15) is 56.7 Å². The first-order valence-corrected chi connectivity index (χ1v) is 4.73. The van der Waals surface area contributed by atoms with Crippen LogP contribution >= 0.6 is 0 Å². The summed E-state index contributed by atoms with van der Waals surface area (Å²) >= 11 is 0. The lowest BCUT2D eigenvalue weighted by molar-refractivity contribution is 0.679. The molecule has 0 aliphatic carbocycles. The summed E-state index contributed by atoms with van der Waals surface area (Å²) in [6.07, 6.45) is 0. The number of nitrogens with zero attached hydrogens (tertiary/aromatic N) is 3. The normalized spacial score (nSPS) is 11.3. The third-order valence-electron chi connectivity index (χ3n) is 1.98. The van der Waals surface area contributed by atoms with Gasteiger partial charge in [0, 0.05) is 5.92 Å². The zero-order valence-electron chi connectivity index (χ0n) is 9.00. The number of hydrogen-bond acceptors (Lipinski definition) is 3. The Kier molecular flexibility index (Phi) is 2.96. The highest BCUT2D eigenvalue weighted by Crippen LogP contribution is 2.15. The predicted molar refractivity (Wildman–Crippen MR) is 52.7 cm³/mol. The van der Waals surface area contributed by atoms with Crippen molar-refractivity contribution in [3.8, 4) is 0 Å². The highest BCUT2D eigenvalue weighted by atomic mass is 15.2. The maximum absolute atomic E-state index is 4.42. The molecule has 0 bridgehead atoms. The molecule has 1 heterocycles. The van der Waals surface area contributed by atoms with E-state index in [9.17, 15) is 0 Å². The molecule has 0 unspecified atom stereocenters. The Morgan fingerprint density at radius 3 is 1.92 bits per heavy atom. The summed E-state index contributed by atoms with van der Waals surface area (Å²) in [5.74, 6) is 1.59. The van der Waals surface area contributed by atoms with Crippen LogP contribution in [0.15, 0.2) is 0 Å². The van der Waals surface area contributed by atoms with Crippen LogP contribution in [0, 0.1) is 6.92 Å². The van der Waals surface area contributed by atoms with Gasteiger partial charge in [0.1, 0.15) is 0 Å². The largest absolute Gasteiger partial charge is 0.234 e. The van der Waals surface area contributed by atoms with Crippen molar-refractivity contribution < 1.29 is 0 Å². The number of hydrogen-bond donors (Lipinski definition) is 0. The van der Waals surface area contributed by atoms with Crippen molar-refractivity contribution in [3.05, 3.63) is 17.2 Å². The summed E-state index contributed by atoms with van der Waals surface area (Å²) in [7, 11) is 0. The van der Waals surface area contributed by atoms with Gasteiger partial charge in [-0.15, -0.1) is 5.10 Å². The van der Waals surface area contributed by atoms with Gasteiger partial charge in [-0.25, -0.2) is 4.98 Å². The van der Waals surface area contributed by atoms with Gasteiger partial charge in [0.05, 0.1) is 11.4 Å². The molecule has 0 radical (unpaired) electrons. The number of aromatic nitrogens is 3. The molecule has 0 aliphatic heterocycles. The number of aryl methyl sites for hydroxylation is 1. The minimum atomic E-state index is 0.354. The molecule has 13 heavy (non-hydrogen) atoms. The molecule has 0 amide bonds. The third-order valence-corrected chi connectivity index (χ3v) is 1.98. The van der Waals surface area contributed by atoms with Gasteiger partial charge in [-0.05, 0) is 12.8 Å². The smallest absolute Gasteiger partial charge is 0.153 e. The first-order valence-electron chi connectivity index (χ1n) is 4.73. The Bertz CT molecular complexity index is 292. The summed E-state index contributed by atoms with van der Waals surface area (Å²) in [6.45, 7) is 10.4. The predicted octanol–water partition coefficient (Wildman–Crippen LogP) is 2.43. The van der Waals surface area contributed by atoms with E-state index in [1.807, 2.05) is 6.92 Å². The van der Waals surface area contributed by atoms with Crippen LogP contribution in [-0.4, -0.2) is 15.2 Å². The highest BCUT2D eigenvalue weighted by Gasteiger charge is 2.10. The molecule has 0 saturated heterocycles. The summed E-state index contributed by atoms with van der Waals surface area (Å²) in [6, 6.07) is 0. The average molecular weight is 179 g/mol. The minimum Gasteiger partial charge on any atom is -0.234 e. The van der Waals surface area contributed by atoms with Crippen molar-refractivity contribution in [1.82, 2.24) is 15.2 Å². The van der Waals surface area contributed by atoms with E-state index >= 15 is 0 Å². The van der Waals surface area contributed by atoms with Gasteiger partial charge >= 0.3 is 0 Å². The quantitative estimate of drug-likeness (QED) is 0.699. The van der Waals surface area contributed by atoms with E-state index in [1.54, 1.807) is 0 Å². The SMILES string of the molecule is Cc1nc(C(C)C)nnc1C(C)C. The van der Waals surface area contributed by atoms with E-state index in [4.69, 9.17) is 0 Å². The number of rotatable bonds is 2. The van der Waals surface area contributed by atoms with Crippen molar-refractivity contribution in [2.45, 2.75) is 46.5 Å². The maximum atomic E-state index is 4.42. The van der Waals surface area contributed by atoms with Crippen LogP contribution in [0.2, 0.25) is 0 Å². The summed E-state index contributed by atoms with van der Waals surface area (Å²) in [4.78, 5) is 4.42. The third kappa shape index (κ3) is 2.23. The van der Waals surface area contributed by atoms with Crippen LogP contribution in [0.3, 0.4) is 0 Å². The van der Waals surface area contributed by atoms with Crippen molar-refractivity contribution in [1.29, 1.82) is 0 Å². The van der Waals surface area contributed by atoms with Crippen LogP contribution in [0.25, 0.3) is 0 Å². The van der Waals surface area contributed by atoms with Crippen LogP contribution < -0.4 is 0 Å². The van der Waals surface area contributed by atoms with Crippen LogP contribution in [0.5, 0.6) is 0 Å². The standard InChI is InChI=1S/C10H17N3/c1-6(2)9-8(5)11-10(7(3)4)13-12-9/h6-7H,1-5H3. The molecule has 0 saturated carbocycles. The molecule has 0 fully saturated rings. The van der Waals surface area contributed by atoms with E-state index in [0.29, 0.717) is 11.8 Å². The Labute approximate surface area is 79.6 Å². The molecule has 0 atom stereocenters. The summed E-state index contributed by atoms with van der Waals surface area (Å²) in [5, 5.41) is 8.29. The van der Waals surface area contributed by atoms with E-state index in [2.05, 4.69) is 42.9 Å². The van der Waals surface area contributed by atoms with Gasteiger partial charge < -0.3 is 0 Å². The second kappa shape index (κ2) is 3.81. The maximum Gasteiger partial charge on any atom is 0.153 e. The highest BCUT2D eigenvalue weighted by molar-refractivity contribution is 5.12. The molecule has 1 rings (SSSR count). The lowest BCUT2D eigenvalue weighted by atomic mass is 10.1. The zero-order valence-corrected chi connectivity index (χ0v) is 9.00. The fourth-order valence-electron chi connectivity index (χ4n) is 1.21.